The maximum Gasteiger partial charge on any atom is 0.254 e. The van der Waals surface area contributed by atoms with Gasteiger partial charge in [-0.05, 0) is 49.8 Å². The van der Waals surface area contributed by atoms with E-state index in [-0.39, 0.29) is 17.0 Å². The Kier molecular flexibility index (Phi) is 3.52. The van der Waals surface area contributed by atoms with Gasteiger partial charge in [-0.3, -0.25) is 9.59 Å². The Balaban J connectivity index is 1.69. The summed E-state index contributed by atoms with van der Waals surface area (Å²) >= 11 is 0. The molecule has 1 aromatic carbocycles. The van der Waals surface area contributed by atoms with Crippen molar-refractivity contribution in [1.29, 1.82) is 0 Å². The van der Waals surface area contributed by atoms with Crippen LogP contribution in [0.1, 0.15) is 30.1 Å². The number of hydrogen-bond donors (Lipinski definition) is 1. The predicted molar refractivity (Wildman–Crippen MR) is 90.4 cm³/mol. The number of carbonyl (C=O) groups is 1. The molecule has 24 heavy (non-hydrogen) atoms. The Morgan fingerprint density at radius 1 is 1.25 bits per heavy atom. The summed E-state index contributed by atoms with van der Waals surface area (Å²) in [5.41, 5.74) is 1.82. The van der Waals surface area contributed by atoms with E-state index in [0.29, 0.717) is 35.8 Å². The smallest absolute Gasteiger partial charge is 0.254 e. The molecule has 1 saturated heterocycles. The minimum absolute atomic E-state index is 0.177. The lowest BCUT2D eigenvalue weighted by Crippen LogP contribution is -2.30. The number of halogens is 1. The van der Waals surface area contributed by atoms with Crippen LogP contribution in [0.5, 0.6) is 0 Å². The Morgan fingerprint density at radius 2 is 2.04 bits per heavy atom. The summed E-state index contributed by atoms with van der Waals surface area (Å²) in [5, 5.41) is 0.462. The molecular formula is C19H19FN2O2. The van der Waals surface area contributed by atoms with Crippen LogP contribution in [-0.4, -0.2) is 28.9 Å². The Morgan fingerprint density at radius 3 is 2.88 bits per heavy atom. The summed E-state index contributed by atoms with van der Waals surface area (Å²) in [6.07, 6.45) is 4.29. The van der Waals surface area contributed by atoms with Crippen molar-refractivity contribution in [3.63, 3.8) is 0 Å². The zero-order valence-corrected chi connectivity index (χ0v) is 13.5. The minimum Gasteiger partial charge on any atom is -0.338 e. The number of rotatable bonds is 1. The van der Waals surface area contributed by atoms with Crippen molar-refractivity contribution in [2.24, 2.45) is 11.8 Å². The molecule has 2 aliphatic rings. The highest BCUT2D eigenvalue weighted by molar-refractivity contribution is 6.06. The lowest BCUT2D eigenvalue weighted by atomic mass is 9.83. The summed E-state index contributed by atoms with van der Waals surface area (Å²) in [6, 6.07) is 5.38. The van der Waals surface area contributed by atoms with Gasteiger partial charge in [-0.1, -0.05) is 11.6 Å². The molecule has 2 heterocycles. The fourth-order valence-corrected chi connectivity index (χ4v) is 4.03. The van der Waals surface area contributed by atoms with Crippen molar-refractivity contribution in [2.45, 2.75) is 19.8 Å². The molecule has 2 aromatic rings. The number of pyridine rings is 1. The molecule has 1 aliphatic carbocycles. The van der Waals surface area contributed by atoms with E-state index < -0.39 is 5.82 Å². The third kappa shape index (κ3) is 2.54. The largest absolute Gasteiger partial charge is 0.338 e. The van der Waals surface area contributed by atoms with Gasteiger partial charge in [0.15, 0.2) is 0 Å². The van der Waals surface area contributed by atoms with Gasteiger partial charge in [0.2, 0.25) is 5.56 Å². The topological polar surface area (TPSA) is 53.2 Å². The van der Waals surface area contributed by atoms with Gasteiger partial charge in [0.05, 0.1) is 5.56 Å². The summed E-state index contributed by atoms with van der Waals surface area (Å²) in [4.78, 5) is 29.3. The lowest BCUT2D eigenvalue weighted by Gasteiger charge is -2.21. The first-order valence-corrected chi connectivity index (χ1v) is 8.29. The Labute approximate surface area is 139 Å². The summed E-state index contributed by atoms with van der Waals surface area (Å²) < 4.78 is 13.6. The molecule has 1 amide bonds. The highest BCUT2D eigenvalue weighted by Crippen LogP contribution is 2.36. The SMILES string of the molecule is CC1=CC[C@@H]2CN(C(=O)c3cc(=O)[nH]c4ccc(F)cc34)C[C@@H]2C1. The fraction of sp³-hybridized carbons (Fsp3) is 0.368. The van der Waals surface area contributed by atoms with Gasteiger partial charge >= 0.3 is 0 Å². The second-order valence-electron chi connectivity index (χ2n) is 6.96. The molecule has 1 aromatic heterocycles. The van der Waals surface area contributed by atoms with Gasteiger partial charge in [0, 0.05) is 30.1 Å². The molecule has 4 rings (SSSR count). The second kappa shape index (κ2) is 5.58. The van der Waals surface area contributed by atoms with E-state index in [9.17, 15) is 14.0 Å². The number of nitrogens with zero attached hydrogens (tertiary/aromatic N) is 1. The van der Waals surface area contributed by atoms with Crippen LogP contribution in [0.15, 0.2) is 40.7 Å². The van der Waals surface area contributed by atoms with Crippen LogP contribution in [0.3, 0.4) is 0 Å². The van der Waals surface area contributed by atoms with E-state index in [1.807, 2.05) is 4.90 Å². The molecule has 2 atom stereocenters. The van der Waals surface area contributed by atoms with Crippen LogP contribution in [0, 0.1) is 17.7 Å². The van der Waals surface area contributed by atoms with Gasteiger partial charge in [-0.15, -0.1) is 0 Å². The number of H-pyrrole nitrogens is 1. The van der Waals surface area contributed by atoms with Crippen LogP contribution in [0.25, 0.3) is 10.9 Å². The van der Waals surface area contributed by atoms with E-state index in [2.05, 4.69) is 18.0 Å². The van der Waals surface area contributed by atoms with Gasteiger partial charge in [0.25, 0.3) is 5.91 Å². The summed E-state index contributed by atoms with van der Waals surface area (Å²) in [5.74, 6) is 0.383. The van der Waals surface area contributed by atoms with Gasteiger partial charge in [0.1, 0.15) is 5.82 Å². The number of benzene rings is 1. The average Bonchev–Trinajstić information content (AvgIpc) is 2.97. The van der Waals surface area contributed by atoms with Crippen molar-refractivity contribution in [3.05, 3.63) is 57.6 Å². The zero-order valence-electron chi connectivity index (χ0n) is 13.5. The third-order valence-corrected chi connectivity index (χ3v) is 5.25. The molecular weight excluding hydrogens is 307 g/mol. The highest BCUT2D eigenvalue weighted by atomic mass is 19.1. The number of amides is 1. The van der Waals surface area contributed by atoms with E-state index in [4.69, 9.17) is 0 Å². The molecule has 0 bridgehead atoms. The first-order chi connectivity index (χ1) is 11.5. The number of hydrogen-bond acceptors (Lipinski definition) is 2. The highest BCUT2D eigenvalue weighted by Gasteiger charge is 2.36. The number of aromatic nitrogens is 1. The number of carbonyl (C=O) groups excluding carboxylic acids is 1. The number of likely N-dealkylation sites (tertiary alicyclic amines) is 1. The number of allylic oxidation sites excluding steroid dienone is 2. The average molecular weight is 326 g/mol. The van der Waals surface area contributed by atoms with Crippen molar-refractivity contribution in [2.75, 3.05) is 13.1 Å². The van der Waals surface area contributed by atoms with Crippen molar-refractivity contribution >= 4 is 16.8 Å². The predicted octanol–water partition coefficient (Wildman–Crippen LogP) is 3.10. The lowest BCUT2D eigenvalue weighted by molar-refractivity contribution is 0.0786. The standard InChI is InChI=1S/C19H19FN2O2/c1-11-2-3-12-9-22(10-13(12)6-11)19(24)16-8-18(23)21-17-5-4-14(20)7-15(16)17/h2,4-5,7-8,12-13H,3,6,9-10H2,1H3,(H,21,23)/t12-,13+/m1/s1. The molecule has 0 saturated carbocycles. The molecule has 0 radical (unpaired) electrons. The summed E-state index contributed by atoms with van der Waals surface area (Å²) in [7, 11) is 0. The van der Waals surface area contributed by atoms with Crippen LogP contribution in [0.2, 0.25) is 0 Å². The molecule has 1 N–H and O–H groups in total. The molecule has 124 valence electrons. The maximum absolute atomic E-state index is 13.6. The second-order valence-corrected chi connectivity index (χ2v) is 6.96. The van der Waals surface area contributed by atoms with E-state index in [1.165, 1.54) is 29.8 Å². The number of fused-ring (bicyclic) bond motifs is 2. The minimum atomic E-state index is -0.418. The number of aromatic amines is 1. The normalized spacial score (nSPS) is 23.2. The van der Waals surface area contributed by atoms with Crippen molar-refractivity contribution < 1.29 is 9.18 Å². The van der Waals surface area contributed by atoms with Crippen molar-refractivity contribution in [1.82, 2.24) is 9.88 Å². The fourth-order valence-electron chi connectivity index (χ4n) is 4.03. The summed E-state index contributed by atoms with van der Waals surface area (Å²) in [6.45, 7) is 3.54. The first-order valence-electron chi connectivity index (χ1n) is 8.29. The van der Waals surface area contributed by atoms with Crippen LogP contribution in [0.4, 0.5) is 4.39 Å². The van der Waals surface area contributed by atoms with Gasteiger partial charge in [-0.2, -0.15) is 0 Å². The van der Waals surface area contributed by atoms with Crippen LogP contribution >= 0.6 is 0 Å². The molecule has 0 spiro atoms. The van der Waals surface area contributed by atoms with Crippen molar-refractivity contribution in [3.8, 4) is 0 Å². The Bertz CT molecular complexity index is 915. The number of nitrogens with one attached hydrogen (secondary N) is 1. The Hall–Kier alpha value is -2.43. The monoisotopic (exact) mass is 326 g/mol. The van der Waals surface area contributed by atoms with Crippen LogP contribution in [-0.2, 0) is 0 Å². The van der Waals surface area contributed by atoms with Crippen LogP contribution < -0.4 is 5.56 Å². The van der Waals surface area contributed by atoms with E-state index >= 15 is 0 Å². The zero-order chi connectivity index (χ0) is 16.8. The molecule has 4 nitrogen and oxygen atoms in total. The molecule has 1 aliphatic heterocycles. The van der Waals surface area contributed by atoms with E-state index in [1.54, 1.807) is 0 Å². The van der Waals surface area contributed by atoms with Gasteiger partial charge in [-0.25, -0.2) is 4.39 Å². The molecule has 0 unspecified atom stereocenters. The molecule has 5 heteroatoms. The first kappa shape index (κ1) is 15.1. The van der Waals surface area contributed by atoms with E-state index in [0.717, 1.165) is 12.8 Å². The third-order valence-electron chi connectivity index (χ3n) is 5.25. The quantitative estimate of drug-likeness (QED) is 0.819. The maximum atomic E-state index is 13.6. The van der Waals surface area contributed by atoms with Gasteiger partial charge < -0.3 is 9.88 Å². The molecule has 1 fully saturated rings.